The molecule has 80 valence electrons. The summed E-state index contributed by atoms with van der Waals surface area (Å²) >= 11 is 0. The van der Waals surface area contributed by atoms with Gasteiger partial charge >= 0.3 is 0 Å². The summed E-state index contributed by atoms with van der Waals surface area (Å²) in [4.78, 5) is 15.5. The highest BCUT2D eigenvalue weighted by Crippen LogP contribution is 2.16. The summed E-state index contributed by atoms with van der Waals surface area (Å²) in [6.07, 6.45) is 0.403. The third kappa shape index (κ3) is 2.54. The maximum atomic E-state index is 11.0. The van der Waals surface area contributed by atoms with Gasteiger partial charge in [0.05, 0.1) is 5.69 Å². The molecule has 1 aromatic carbocycles. The van der Waals surface area contributed by atoms with E-state index in [4.69, 9.17) is 0 Å². The van der Waals surface area contributed by atoms with Gasteiger partial charge in [0.15, 0.2) is 0 Å². The quantitative estimate of drug-likeness (QED) is 0.781. The third-order valence-electron chi connectivity index (χ3n) is 2.31. The minimum Gasteiger partial charge on any atom is -0.300 e. The van der Waals surface area contributed by atoms with Gasteiger partial charge in [0.2, 0.25) is 0 Å². The van der Waals surface area contributed by atoms with Gasteiger partial charge in [0.25, 0.3) is 0 Å². The van der Waals surface area contributed by atoms with Gasteiger partial charge in [-0.2, -0.15) is 0 Å². The Morgan fingerprint density at radius 1 is 1.06 bits per heavy atom. The first-order valence-corrected chi connectivity index (χ1v) is 5.26. The lowest BCUT2D eigenvalue weighted by molar-refractivity contribution is -0.116. The fourth-order valence-electron chi connectivity index (χ4n) is 1.60. The van der Waals surface area contributed by atoms with E-state index in [0.717, 1.165) is 17.0 Å². The number of rotatable bonds is 3. The number of nitrogens with zero attached hydrogens (tertiary/aromatic N) is 1. The smallest absolute Gasteiger partial charge is 0.135 e. The number of carbonyl (C=O) groups excluding carboxylic acids is 1. The van der Waals surface area contributed by atoms with Crippen LogP contribution in [0.4, 0.5) is 0 Å². The van der Waals surface area contributed by atoms with Crippen LogP contribution in [0.5, 0.6) is 0 Å². The van der Waals surface area contributed by atoms with Crippen molar-refractivity contribution in [3.63, 3.8) is 0 Å². The zero-order valence-electron chi connectivity index (χ0n) is 9.18. The van der Waals surface area contributed by atoms with Crippen molar-refractivity contribution in [1.82, 2.24) is 4.98 Å². The van der Waals surface area contributed by atoms with Gasteiger partial charge in [0.1, 0.15) is 5.78 Å². The molecule has 0 aliphatic rings. The molecule has 1 aromatic heterocycles. The Hall–Kier alpha value is -1.96. The highest BCUT2D eigenvalue weighted by Gasteiger charge is 2.02. The van der Waals surface area contributed by atoms with Crippen LogP contribution in [0.2, 0.25) is 0 Å². The lowest BCUT2D eigenvalue weighted by Gasteiger charge is -2.03. The predicted octanol–water partition coefficient (Wildman–Crippen LogP) is 2.88. The number of benzene rings is 1. The van der Waals surface area contributed by atoms with Crippen LogP contribution < -0.4 is 0 Å². The van der Waals surface area contributed by atoms with Crippen molar-refractivity contribution in [2.24, 2.45) is 0 Å². The summed E-state index contributed by atoms with van der Waals surface area (Å²) in [6, 6.07) is 15.7. The molecule has 0 saturated heterocycles. The van der Waals surface area contributed by atoms with E-state index in [0.29, 0.717) is 6.42 Å². The van der Waals surface area contributed by atoms with Crippen molar-refractivity contribution < 1.29 is 4.79 Å². The van der Waals surface area contributed by atoms with Gasteiger partial charge < -0.3 is 0 Å². The van der Waals surface area contributed by atoms with Gasteiger partial charge in [-0.3, -0.25) is 9.78 Å². The second-order valence-electron chi connectivity index (χ2n) is 3.76. The van der Waals surface area contributed by atoms with Gasteiger partial charge in [-0.1, -0.05) is 36.4 Å². The molecular weight excluding hydrogens is 198 g/mol. The van der Waals surface area contributed by atoms with Crippen LogP contribution >= 0.6 is 0 Å². The molecule has 16 heavy (non-hydrogen) atoms. The minimum atomic E-state index is 0.137. The van der Waals surface area contributed by atoms with Crippen molar-refractivity contribution in [2.75, 3.05) is 0 Å². The number of pyridine rings is 1. The summed E-state index contributed by atoms with van der Waals surface area (Å²) in [7, 11) is 0. The number of hydrogen-bond acceptors (Lipinski definition) is 2. The molecule has 0 unspecified atom stereocenters. The molecule has 0 atom stereocenters. The SMILES string of the molecule is CC(=O)Cc1cccc(-c2ccccc2)n1. The van der Waals surface area contributed by atoms with Crippen LogP contribution in [-0.2, 0) is 11.2 Å². The minimum absolute atomic E-state index is 0.137. The predicted molar refractivity (Wildman–Crippen MR) is 64.1 cm³/mol. The second kappa shape index (κ2) is 4.71. The first kappa shape index (κ1) is 10.6. The first-order valence-electron chi connectivity index (χ1n) is 5.26. The standard InChI is InChI=1S/C14H13NO/c1-11(16)10-13-8-5-9-14(15-13)12-6-3-2-4-7-12/h2-9H,10H2,1H3. The summed E-state index contributed by atoms with van der Waals surface area (Å²) in [5, 5.41) is 0. The number of carbonyl (C=O) groups is 1. The van der Waals surface area contributed by atoms with Crippen molar-refractivity contribution in [3.05, 3.63) is 54.2 Å². The maximum Gasteiger partial charge on any atom is 0.135 e. The molecule has 2 heteroatoms. The van der Waals surface area contributed by atoms with E-state index >= 15 is 0 Å². The summed E-state index contributed by atoms with van der Waals surface area (Å²) in [6.45, 7) is 1.58. The van der Waals surface area contributed by atoms with E-state index in [1.165, 1.54) is 0 Å². The Morgan fingerprint density at radius 3 is 2.50 bits per heavy atom. The molecule has 2 nitrogen and oxygen atoms in total. The summed E-state index contributed by atoms with van der Waals surface area (Å²) in [5.41, 5.74) is 2.82. The molecule has 0 fully saturated rings. The van der Waals surface area contributed by atoms with E-state index in [2.05, 4.69) is 4.98 Å². The lowest BCUT2D eigenvalue weighted by atomic mass is 10.1. The van der Waals surface area contributed by atoms with E-state index in [-0.39, 0.29) is 5.78 Å². The average molecular weight is 211 g/mol. The average Bonchev–Trinajstić information content (AvgIpc) is 2.30. The maximum absolute atomic E-state index is 11.0. The molecular formula is C14H13NO. The van der Waals surface area contributed by atoms with E-state index in [1.54, 1.807) is 6.92 Å². The Kier molecular flexibility index (Phi) is 3.10. The van der Waals surface area contributed by atoms with Crippen molar-refractivity contribution in [1.29, 1.82) is 0 Å². The molecule has 0 N–H and O–H groups in total. The van der Waals surface area contributed by atoms with Crippen molar-refractivity contribution in [3.8, 4) is 11.3 Å². The number of hydrogen-bond donors (Lipinski definition) is 0. The van der Waals surface area contributed by atoms with Crippen LogP contribution in [-0.4, -0.2) is 10.8 Å². The molecule has 2 aromatic rings. The number of Topliss-reactive ketones (excluding diaryl/α,β-unsaturated/α-hetero) is 1. The van der Waals surface area contributed by atoms with E-state index in [1.807, 2.05) is 48.5 Å². The van der Waals surface area contributed by atoms with Gasteiger partial charge in [-0.25, -0.2) is 0 Å². The van der Waals surface area contributed by atoms with Crippen LogP contribution in [0.3, 0.4) is 0 Å². The Bertz CT molecular complexity index is 491. The van der Waals surface area contributed by atoms with E-state index in [9.17, 15) is 4.79 Å². The van der Waals surface area contributed by atoms with Crippen LogP contribution in [0, 0.1) is 0 Å². The zero-order valence-corrected chi connectivity index (χ0v) is 9.18. The van der Waals surface area contributed by atoms with Crippen molar-refractivity contribution in [2.45, 2.75) is 13.3 Å². The van der Waals surface area contributed by atoms with Gasteiger partial charge in [-0.15, -0.1) is 0 Å². The third-order valence-corrected chi connectivity index (χ3v) is 2.31. The van der Waals surface area contributed by atoms with Gasteiger partial charge in [0, 0.05) is 17.7 Å². The van der Waals surface area contributed by atoms with Crippen LogP contribution in [0.15, 0.2) is 48.5 Å². The second-order valence-corrected chi connectivity index (χ2v) is 3.76. The van der Waals surface area contributed by atoms with Crippen LogP contribution in [0.1, 0.15) is 12.6 Å². The number of ketones is 1. The highest BCUT2D eigenvalue weighted by atomic mass is 16.1. The monoisotopic (exact) mass is 211 g/mol. The largest absolute Gasteiger partial charge is 0.300 e. The zero-order chi connectivity index (χ0) is 11.4. The molecule has 2 rings (SSSR count). The van der Waals surface area contributed by atoms with Crippen LogP contribution in [0.25, 0.3) is 11.3 Å². The molecule has 0 aliphatic carbocycles. The first-order chi connectivity index (χ1) is 7.75. The summed E-state index contributed by atoms with van der Waals surface area (Å²) in [5.74, 6) is 0.137. The molecule has 1 heterocycles. The lowest BCUT2D eigenvalue weighted by Crippen LogP contribution is -1.99. The molecule has 0 bridgehead atoms. The Morgan fingerprint density at radius 2 is 1.81 bits per heavy atom. The van der Waals surface area contributed by atoms with Crippen molar-refractivity contribution >= 4 is 5.78 Å². The van der Waals surface area contributed by atoms with E-state index < -0.39 is 0 Å². The normalized spacial score (nSPS) is 10.1. The topological polar surface area (TPSA) is 30.0 Å². The van der Waals surface area contributed by atoms with Gasteiger partial charge in [-0.05, 0) is 19.1 Å². The molecule has 0 amide bonds. The Labute approximate surface area is 95.0 Å². The molecule has 0 aliphatic heterocycles. The molecule has 0 saturated carbocycles. The fraction of sp³-hybridized carbons (Fsp3) is 0.143. The molecule has 0 radical (unpaired) electrons. The summed E-state index contributed by atoms with van der Waals surface area (Å²) < 4.78 is 0. The number of aromatic nitrogens is 1. The highest BCUT2D eigenvalue weighted by molar-refractivity contribution is 5.77. The molecule has 0 spiro atoms. The Balaban J connectivity index is 2.33. The fourth-order valence-corrected chi connectivity index (χ4v) is 1.60.